The van der Waals surface area contributed by atoms with Crippen LogP contribution in [-0.4, -0.2) is 9.55 Å². The first-order chi connectivity index (χ1) is 9.11. The molecule has 1 heterocycles. The maximum Gasteiger partial charge on any atom is 0.127 e. The Bertz CT molecular complexity index is 601. The second kappa shape index (κ2) is 4.60. The third-order valence-electron chi connectivity index (χ3n) is 4.15. The Morgan fingerprint density at radius 2 is 2.21 bits per heavy atom. The van der Waals surface area contributed by atoms with Gasteiger partial charge in [0.2, 0.25) is 0 Å². The van der Waals surface area contributed by atoms with Crippen LogP contribution in [0, 0.1) is 11.7 Å². The monoisotopic (exact) mass is 261 g/mol. The summed E-state index contributed by atoms with van der Waals surface area (Å²) >= 11 is 0. The van der Waals surface area contributed by atoms with Gasteiger partial charge in [-0.15, -0.1) is 0 Å². The molecule has 1 aliphatic rings. The summed E-state index contributed by atoms with van der Waals surface area (Å²) in [5, 5.41) is 0. The lowest BCUT2D eigenvalue weighted by Crippen LogP contribution is -2.22. The number of fused-ring (bicyclic) bond motifs is 1. The van der Waals surface area contributed by atoms with Crippen LogP contribution in [0.15, 0.2) is 18.2 Å². The van der Waals surface area contributed by atoms with Gasteiger partial charge in [-0.05, 0) is 37.0 Å². The molecule has 2 unspecified atom stereocenters. The van der Waals surface area contributed by atoms with Crippen molar-refractivity contribution in [1.82, 2.24) is 9.55 Å². The number of benzene rings is 1. The Morgan fingerprint density at radius 1 is 1.47 bits per heavy atom. The Kier molecular flexibility index (Phi) is 3.05. The minimum absolute atomic E-state index is 0.0824. The quantitative estimate of drug-likeness (QED) is 0.914. The van der Waals surface area contributed by atoms with Gasteiger partial charge in [0.15, 0.2) is 0 Å². The van der Waals surface area contributed by atoms with Crippen molar-refractivity contribution in [2.45, 2.75) is 45.2 Å². The van der Waals surface area contributed by atoms with Gasteiger partial charge in [0.25, 0.3) is 0 Å². The fraction of sp³-hybridized carbons (Fsp3) is 0.533. The van der Waals surface area contributed by atoms with Gasteiger partial charge < -0.3 is 10.3 Å². The van der Waals surface area contributed by atoms with Crippen LogP contribution in [0.1, 0.15) is 51.0 Å². The second-order valence-corrected chi connectivity index (χ2v) is 5.62. The summed E-state index contributed by atoms with van der Waals surface area (Å²) < 4.78 is 15.6. The SMILES string of the molecule is CCC(C)C(N)c1nc2ccc(F)cc2n1C1CC1. The maximum absolute atomic E-state index is 13.5. The number of imidazole rings is 1. The Balaban J connectivity index is 2.15. The molecule has 0 spiro atoms. The summed E-state index contributed by atoms with van der Waals surface area (Å²) in [6.45, 7) is 4.27. The van der Waals surface area contributed by atoms with Crippen LogP contribution < -0.4 is 5.73 Å². The predicted octanol–water partition coefficient (Wildman–Crippen LogP) is 3.56. The average Bonchev–Trinajstić information content (AvgIpc) is 3.18. The molecule has 1 saturated carbocycles. The third-order valence-corrected chi connectivity index (χ3v) is 4.15. The van der Waals surface area contributed by atoms with E-state index in [9.17, 15) is 4.39 Å². The number of nitrogens with zero attached hydrogens (tertiary/aromatic N) is 2. The smallest absolute Gasteiger partial charge is 0.127 e. The standard InChI is InChI=1S/C15H20FN3/c1-3-9(2)14(17)15-18-12-7-4-10(16)8-13(12)19(15)11-5-6-11/h4,7-9,11,14H,3,5-6,17H2,1-2H3. The van der Waals surface area contributed by atoms with Crippen LogP contribution in [0.5, 0.6) is 0 Å². The van der Waals surface area contributed by atoms with Gasteiger partial charge >= 0.3 is 0 Å². The summed E-state index contributed by atoms with van der Waals surface area (Å²) in [6, 6.07) is 5.16. The summed E-state index contributed by atoms with van der Waals surface area (Å²) in [5.74, 6) is 1.08. The van der Waals surface area contributed by atoms with Crippen LogP contribution in [0.25, 0.3) is 11.0 Å². The van der Waals surface area contributed by atoms with Gasteiger partial charge in [0.05, 0.1) is 17.1 Å². The Hall–Kier alpha value is -1.42. The second-order valence-electron chi connectivity index (χ2n) is 5.62. The first-order valence-corrected chi connectivity index (χ1v) is 7.04. The van der Waals surface area contributed by atoms with Crippen LogP contribution in [-0.2, 0) is 0 Å². The highest BCUT2D eigenvalue weighted by atomic mass is 19.1. The molecular formula is C15H20FN3. The minimum atomic E-state index is -0.210. The number of hydrogen-bond donors (Lipinski definition) is 1. The summed E-state index contributed by atoms with van der Waals surface area (Å²) in [4.78, 5) is 4.66. The Labute approximate surface area is 112 Å². The normalized spacial score (nSPS) is 18.7. The minimum Gasteiger partial charge on any atom is -0.323 e. The lowest BCUT2D eigenvalue weighted by molar-refractivity contribution is 0.425. The van der Waals surface area contributed by atoms with E-state index in [0.29, 0.717) is 12.0 Å². The first-order valence-electron chi connectivity index (χ1n) is 7.04. The van der Waals surface area contributed by atoms with Gasteiger partial charge in [-0.2, -0.15) is 0 Å². The predicted molar refractivity (Wildman–Crippen MR) is 74.3 cm³/mol. The summed E-state index contributed by atoms with van der Waals surface area (Å²) in [5.41, 5.74) is 8.07. The van der Waals surface area contributed by atoms with Gasteiger partial charge in [0, 0.05) is 6.04 Å². The molecule has 0 amide bonds. The van der Waals surface area contributed by atoms with Crippen molar-refractivity contribution in [3.05, 3.63) is 29.8 Å². The molecule has 2 N–H and O–H groups in total. The topological polar surface area (TPSA) is 43.8 Å². The van der Waals surface area contributed by atoms with E-state index in [0.717, 1.165) is 36.1 Å². The zero-order valence-electron chi connectivity index (χ0n) is 11.4. The molecule has 1 aliphatic carbocycles. The molecule has 0 saturated heterocycles. The van der Waals surface area contributed by atoms with Crippen LogP contribution >= 0.6 is 0 Å². The average molecular weight is 261 g/mol. The van der Waals surface area contributed by atoms with Crippen molar-refractivity contribution in [1.29, 1.82) is 0 Å². The molecular weight excluding hydrogens is 241 g/mol. The third kappa shape index (κ3) is 2.14. The van der Waals surface area contributed by atoms with E-state index in [1.54, 1.807) is 12.1 Å². The first kappa shape index (κ1) is 12.6. The highest BCUT2D eigenvalue weighted by Crippen LogP contribution is 2.40. The largest absolute Gasteiger partial charge is 0.323 e. The van der Waals surface area contributed by atoms with E-state index in [1.165, 1.54) is 6.07 Å². The highest BCUT2D eigenvalue weighted by molar-refractivity contribution is 5.76. The van der Waals surface area contributed by atoms with Crippen LogP contribution in [0.4, 0.5) is 4.39 Å². The van der Waals surface area contributed by atoms with E-state index in [2.05, 4.69) is 23.4 Å². The van der Waals surface area contributed by atoms with Crippen LogP contribution in [0.3, 0.4) is 0 Å². The fourth-order valence-electron chi connectivity index (χ4n) is 2.54. The molecule has 0 aliphatic heterocycles. The van der Waals surface area contributed by atoms with Gasteiger partial charge in [-0.25, -0.2) is 9.37 Å². The van der Waals surface area contributed by atoms with Gasteiger partial charge in [0.1, 0.15) is 11.6 Å². The van der Waals surface area contributed by atoms with Crippen molar-refractivity contribution >= 4 is 11.0 Å². The number of nitrogens with two attached hydrogens (primary N) is 1. The maximum atomic E-state index is 13.5. The lowest BCUT2D eigenvalue weighted by atomic mass is 9.99. The fourth-order valence-corrected chi connectivity index (χ4v) is 2.54. The zero-order chi connectivity index (χ0) is 13.6. The van der Waals surface area contributed by atoms with Gasteiger partial charge in [-0.1, -0.05) is 20.3 Å². The lowest BCUT2D eigenvalue weighted by Gasteiger charge is -2.19. The molecule has 3 rings (SSSR count). The molecule has 102 valence electrons. The van der Waals surface area contributed by atoms with Crippen molar-refractivity contribution < 1.29 is 4.39 Å². The molecule has 2 atom stereocenters. The van der Waals surface area contributed by atoms with E-state index >= 15 is 0 Å². The zero-order valence-corrected chi connectivity index (χ0v) is 11.4. The molecule has 0 radical (unpaired) electrons. The number of rotatable bonds is 4. The summed E-state index contributed by atoms with van der Waals surface area (Å²) in [7, 11) is 0. The highest BCUT2D eigenvalue weighted by Gasteiger charge is 2.31. The van der Waals surface area contributed by atoms with E-state index in [4.69, 9.17) is 5.73 Å². The Morgan fingerprint density at radius 3 is 2.84 bits per heavy atom. The van der Waals surface area contributed by atoms with E-state index in [1.807, 2.05) is 0 Å². The van der Waals surface area contributed by atoms with E-state index in [-0.39, 0.29) is 11.9 Å². The van der Waals surface area contributed by atoms with Gasteiger partial charge in [-0.3, -0.25) is 0 Å². The van der Waals surface area contributed by atoms with Crippen LogP contribution in [0.2, 0.25) is 0 Å². The molecule has 0 bridgehead atoms. The molecule has 4 heteroatoms. The molecule has 1 aromatic carbocycles. The van der Waals surface area contributed by atoms with Crippen molar-refractivity contribution in [2.75, 3.05) is 0 Å². The van der Waals surface area contributed by atoms with Crippen molar-refractivity contribution in [2.24, 2.45) is 11.7 Å². The number of hydrogen-bond acceptors (Lipinski definition) is 2. The molecule has 19 heavy (non-hydrogen) atoms. The van der Waals surface area contributed by atoms with E-state index < -0.39 is 0 Å². The number of aromatic nitrogens is 2. The molecule has 2 aromatic rings. The van der Waals surface area contributed by atoms with Crippen molar-refractivity contribution in [3.8, 4) is 0 Å². The van der Waals surface area contributed by atoms with Crippen molar-refractivity contribution in [3.63, 3.8) is 0 Å². The number of halogens is 1. The summed E-state index contributed by atoms with van der Waals surface area (Å²) in [6.07, 6.45) is 3.30. The molecule has 3 nitrogen and oxygen atoms in total. The molecule has 1 fully saturated rings. The molecule has 1 aromatic heterocycles.